The molecule has 1 amide bonds. The molecule has 0 saturated carbocycles. The number of sulfonamides is 1. The molecule has 1 aliphatic heterocycles. The third-order valence-corrected chi connectivity index (χ3v) is 7.54. The number of carbonyl (C=O) groups excluding carboxylic acids is 1. The molecular weight excluding hydrogens is 542 g/mol. The molecule has 2 aromatic carbocycles. The fraction of sp³-hybridized carbons (Fsp3) is 0.280. The van der Waals surface area contributed by atoms with Gasteiger partial charge in [-0.05, 0) is 87.8 Å². The highest BCUT2D eigenvalue weighted by molar-refractivity contribution is 7.92. The molecule has 1 saturated heterocycles. The van der Waals surface area contributed by atoms with E-state index < -0.39 is 20.9 Å². The number of aromatic nitrogens is 2. The standard InChI is InChI=1S/C25H27N7O5S2/c1-16-14-17(2)27-24(26-16)30-39(36,37)20-9-7-19(8-10-20)28-25(38)29-23(33)18-6-11-21(22(15-18)32(34)35)31-12-4-3-5-13-31/h6-11,14-15H,3-5,12-13H2,1-2H3,(H,26,27,30)(H2,28,29,33,38). The van der Waals surface area contributed by atoms with Crippen molar-refractivity contribution in [2.75, 3.05) is 28.0 Å². The molecule has 12 nitrogen and oxygen atoms in total. The van der Waals surface area contributed by atoms with Crippen molar-refractivity contribution < 1.29 is 18.1 Å². The van der Waals surface area contributed by atoms with Crippen molar-refractivity contribution in [1.82, 2.24) is 15.3 Å². The predicted molar refractivity (Wildman–Crippen MR) is 152 cm³/mol. The highest BCUT2D eigenvalue weighted by atomic mass is 32.2. The number of carbonyl (C=O) groups is 1. The van der Waals surface area contributed by atoms with E-state index in [1.807, 2.05) is 4.90 Å². The summed E-state index contributed by atoms with van der Waals surface area (Å²) in [6.07, 6.45) is 3.01. The first-order valence-corrected chi connectivity index (χ1v) is 14.0. The average molecular weight is 570 g/mol. The maximum Gasteiger partial charge on any atom is 0.293 e. The van der Waals surface area contributed by atoms with E-state index in [9.17, 15) is 23.3 Å². The average Bonchev–Trinajstić information content (AvgIpc) is 2.88. The number of hydrogen-bond acceptors (Lipinski definition) is 9. The number of benzene rings is 2. The Morgan fingerprint density at radius 1 is 1.00 bits per heavy atom. The second-order valence-electron chi connectivity index (χ2n) is 9.02. The Bertz CT molecular complexity index is 1500. The van der Waals surface area contributed by atoms with Gasteiger partial charge in [0.15, 0.2) is 5.11 Å². The van der Waals surface area contributed by atoms with Crippen LogP contribution in [0.1, 0.15) is 41.0 Å². The van der Waals surface area contributed by atoms with Crippen LogP contribution in [0.25, 0.3) is 0 Å². The van der Waals surface area contributed by atoms with Crippen LogP contribution >= 0.6 is 12.2 Å². The lowest BCUT2D eigenvalue weighted by atomic mass is 10.1. The zero-order valence-electron chi connectivity index (χ0n) is 21.3. The lowest BCUT2D eigenvalue weighted by Crippen LogP contribution is -2.34. The maximum atomic E-state index is 12.7. The molecular formula is C25H27N7O5S2. The minimum atomic E-state index is -3.93. The number of nitro groups is 1. The number of nitrogens with one attached hydrogen (secondary N) is 3. The lowest BCUT2D eigenvalue weighted by molar-refractivity contribution is -0.384. The van der Waals surface area contributed by atoms with Gasteiger partial charge in [-0.3, -0.25) is 20.2 Å². The van der Waals surface area contributed by atoms with E-state index >= 15 is 0 Å². The van der Waals surface area contributed by atoms with Gasteiger partial charge in [0.25, 0.3) is 21.6 Å². The molecule has 39 heavy (non-hydrogen) atoms. The van der Waals surface area contributed by atoms with Gasteiger partial charge >= 0.3 is 0 Å². The van der Waals surface area contributed by atoms with Crippen LogP contribution in [-0.2, 0) is 10.0 Å². The summed E-state index contributed by atoms with van der Waals surface area (Å²) in [7, 11) is -3.93. The Balaban J connectivity index is 1.40. The van der Waals surface area contributed by atoms with Gasteiger partial charge in [-0.15, -0.1) is 0 Å². The topological polar surface area (TPSA) is 159 Å². The zero-order chi connectivity index (χ0) is 28.2. The minimum absolute atomic E-state index is 0.0214. The normalized spacial score (nSPS) is 13.4. The van der Waals surface area contributed by atoms with E-state index in [-0.39, 0.29) is 27.2 Å². The number of nitrogens with zero attached hydrogens (tertiary/aromatic N) is 4. The molecule has 0 radical (unpaired) electrons. The van der Waals surface area contributed by atoms with Crippen LogP contribution < -0.4 is 20.3 Å². The van der Waals surface area contributed by atoms with Crippen molar-refractivity contribution in [1.29, 1.82) is 0 Å². The van der Waals surface area contributed by atoms with E-state index in [4.69, 9.17) is 12.2 Å². The van der Waals surface area contributed by atoms with Crippen molar-refractivity contribution in [2.24, 2.45) is 0 Å². The van der Waals surface area contributed by atoms with Crippen molar-refractivity contribution >= 4 is 56.3 Å². The van der Waals surface area contributed by atoms with Gasteiger partial charge in [0.1, 0.15) is 5.69 Å². The van der Waals surface area contributed by atoms with E-state index in [0.717, 1.165) is 32.4 Å². The van der Waals surface area contributed by atoms with Gasteiger partial charge in [-0.25, -0.2) is 23.1 Å². The predicted octanol–water partition coefficient (Wildman–Crippen LogP) is 3.92. The maximum absolute atomic E-state index is 12.7. The number of rotatable bonds is 7. The molecule has 2 heterocycles. The summed E-state index contributed by atoms with van der Waals surface area (Å²) in [4.78, 5) is 34.1. The molecule has 1 aromatic heterocycles. The summed E-state index contributed by atoms with van der Waals surface area (Å²) in [5.74, 6) is -0.638. The molecule has 1 fully saturated rings. The number of thiocarbonyl (C=S) groups is 1. The van der Waals surface area contributed by atoms with Crippen molar-refractivity contribution in [2.45, 2.75) is 38.0 Å². The number of piperidine rings is 1. The molecule has 0 aliphatic carbocycles. The van der Waals surface area contributed by atoms with Gasteiger partial charge in [0.05, 0.1) is 9.82 Å². The van der Waals surface area contributed by atoms with Gasteiger partial charge < -0.3 is 10.2 Å². The molecule has 204 valence electrons. The summed E-state index contributed by atoms with van der Waals surface area (Å²) in [6, 6.07) is 11.8. The van der Waals surface area contributed by atoms with Crippen LogP contribution in [0.15, 0.2) is 53.4 Å². The minimum Gasteiger partial charge on any atom is -0.366 e. The molecule has 4 rings (SSSR count). The second-order valence-corrected chi connectivity index (χ2v) is 11.1. The number of amides is 1. The third-order valence-electron chi connectivity index (χ3n) is 5.99. The van der Waals surface area contributed by atoms with Crippen LogP contribution in [0.3, 0.4) is 0 Å². The van der Waals surface area contributed by atoms with Crippen LogP contribution in [0.2, 0.25) is 0 Å². The van der Waals surface area contributed by atoms with Crippen molar-refractivity contribution in [3.8, 4) is 0 Å². The van der Waals surface area contributed by atoms with Gasteiger partial charge in [-0.1, -0.05) is 0 Å². The summed E-state index contributed by atoms with van der Waals surface area (Å²) in [5.41, 5.74) is 2.12. The number of hydrogen-bond donors (Lipinski definition) is 3. The van der Waals surface area contributed by atoms with Crippen LogP contribution in [0.4, 0.5) is 23.0 Å². The first-order chi connectivity index (χ1) is 18.5. The van der Waals surface area contributed by atoms with E-state index in [1.54, 1.807) is 26.0 Å². The lowest BCUT2D eigenvalue weighted by Gasteiger charge is -2.28. The smallest absolute Gasteiger partial charge is 0.293 e. The van der Waals surface area contributed by atoms with E-state index in [0.29, 0.717) is 22.8 Å². The number of anilines is 3. The quantitative estimate of drug-likeness (QED) is 0.216. The van der Waals surface area contributed by atoms with E-state index in [1.165, 1.54) is 36.4 Å². The first kappa shape index (κ1) is 27.9. The second kappa shape index (κ2) is 11.7. The monoisotopic (exact) mass is 569 g/mol. The van der Waals surface area contributed by atoms with Crippen LogP contribution in [0.5, 0.6) is 0 Å². The summed E-state index contributed by atoms with van der Waals surface area (Å²) < 4.78 is 27.8. The zero-order valence-corrected chi connectivity index (χ0v) is 22.9. The molecule has 0 spiro atoms. The summed E-state index contributed by atoms with van der Waals surface area (Å²) in [5, 5.41) is 16.9. The fourth-order valence-electron chi connectivity index (χ4n) is 4.22. The van der Waals surface area contributed by atoms with Crippen LogP contribution in [0, 0.1) is 24.0 Å². The van der Waals surface area contributed by atoms with E-state index in [2.05, 4.69) is 25.3 Å². The molecule has 1 aliphatic rings. The SMILES string of the molecule is Cc1cc(C)nc(NS(=O)(=O)c2ccc(NC(=S)NC(=O)c3ccc(N4CCCCC4)c([N+](=O)[O-])c3)cc2)n1. The summed E-state index contributed by atoms with van der Waals surface area (Å²) >= 11 is 5.21. The number of nitro benzene ring substituents is 1. The number of aryl methyl sites for hydroxylation is 2. The Morgan fingerprint density at radius 2 is 1.64 bits per heavy atom. The largest absolute Gasteiger partial charge is 0.366 e. The molecule has 3 aromatic rings. The first-order valence-electron chi connectivity index (χ1n) is 12.1. The van der Waals surface area contributed by atoms with Crippen molar-refractivity contribution in [3.05, 3.63) is 75.6 Å². The van der Waals surface area contributed by atoms with Gasteiger partial charge in [0, 0.05) is 41.8 Å². The third kappa shape index (κ3) is 7.03. The highest BCUT2D eigenvalue weighted by Crippen LogP contribution is 2.31. The Hall–Kier alpha value is -4.17. The van der Waals surface area contributed by atoms with Crippen LogP contribution in [-0.4, -0.2) is 47.4 Å². The van der Waals surface area contributed by atoms with Crippen molar-refractivity contribution in [3.63, 3.8) is 0 Å². The Labute approximate surface area is 231 Å². The van der Waals surface area contributed by atoms with Gasteiger partial charge in [0.2, 0.25) is 5.95 Å². The molecule has 3 N–H and O–H groups in total. The molecule has 14 heteroatoms. The highest BCUT2D eigenvalue weighted by Gasteiger charge is 2.23. The summed E-state index contributed by atoms with van der Waals surface area (Å²) in [6.45, 7) is 4.94. The Kier molecular flexibility index (Phi) is 8.35. The molecule has 0 bridgehead atoms. The van der Waals surface area contributed by atoms with Gasteiger partial charge in [-0.2, -0.15) is 0 Å². The Morgan fingerprint density at radius 3 is 2.26 bits per heavy atom. The molecule has 0 atom stereocenters. The molecule has 0 unspecified atom stereocenters. The fourth-order valence-corrected chi connectivity index (χ4v) is 5.37.